The van der Waals surface area contributed by atoms with Gasteiger partial charge in [-0.3, -0.25) is 24.0 Å². The number of amides is 5. The number of hydrogen-bond acceptors (Lipinski definition) is 19. The van der Waals surface area contributed by atoms with Crippen molar-refractivity contribution in [3.8, 4) is 0 Å². The minimum atomic E-state index is -2.22. The van der Waals surface area contributed by atoms with Gasteiger partial charge in [-0.2, -0.15) is 0 Å². The van der Waals surface area contributed by atoms with Crippen LogP contribution in [0.1, 0.15) is 212 Å². The van der Waals surface area contributed by atoms with Gasteiger partial charge in [-0.25, -0.2) is 0 Å². The molecule has 0 saturated heterocycles. The molecule has 24 heteroatoms. The molecule has 5 amide bonds. The van der Waals surface area contributed by atoms with Crippen molar-refractivity contribution in [3.05, 3.63) is 0 Å². The Labute approximate surface area is 509 Å². The van der Waals surface area contributed by atoms with Gasteiger partial charge >= 0.3 is 0 Å². The molecule has 85 heavy (non-hydrogen) atoms. The van der Waals surface area contributed by atoms with Crippen molar-refractivity contribution >= 4 is 29.5 Å². The van der Waals surface area contributed by atoms with Gasteiger partial charge in [0.05, 0.1) is 13.2 Å². The third kappa shape index (κ3) is 45.7. The van der Waals surface area contributed by atoms with Crippen LogP contribution in [0, 0.1) is 5.92 Å². The molecule has 0 unspecified atom stereocenters. The van der Waals surface area contributed by atoms with E-state index in [4.69, 9.17) is 21.7 Å². The number of hydrogen-bond donors (Lipinski definition) is 18. The van der Waals surface area contributed by atoms with E-state index in [2.05, 4.69) is 31.9 Å². The smallest absolute Gasteiger partial charge is 0.251 e. The van der Waals surface area contributed by atoms with Gasteiger partial charge in [-0.15, -0.1) is 0 Å². The molecule has 8 atom stereocenters. The minimum Gasteiger partial charge on any atom is -0.394 e. The maximum absolute atomic E-state index is 13.2. The van der Waals surface area contributed by atoms with Gasteiger partial charge in [-0.1, -0.05) is 141 Å². The quantitative estimate of drug-likeness (QED) is 0.0373. The molecule has 0 rings (SSSR count). The standard InChI is InChI=1S/C61H123N9O15/c62-34-24-28-36-64-44-48(45-65-37-29-25-35-63)30-22-19-21-27-38-66-51(75)31-23-18-16-14-12-10-8-6-4-2-1-3-5-7-9-11-13-15-17-20-26-39-67-52(76)32-33-53(77)70(42-40-68-60(84)58(82)56(80)54(78)49(73)46-71)43-41-69-61(85)59(83)57(81)55(79)50(74)47-72/h48-50,54-59,64-65,71-74,78-83H,1-47,62-63H2,(H,66,75)(H,67,76)(H,68,84)(H,69,85)/t49-,50+,54-,55-,56+,57+,58-,59-/m1/s1. The Hall–Kier alpha value is -3.21. The summed E-state index contributed by atoms with van der Waals surface area (Å²) in [5, 5.41) is 115. The Morgan fingerprint density at radius 2 is 0.682 bits per heavy atom. The van der Waals surface area contributed by atoms with Crippen molar-refractivity contribution in [1.82, 2.24) is 36.8 Å². The maximum Gasteiger partial charge on any atom is 0.251 e. The van der Waals surface area contributed by atoms with Crippen molar-refractivity contribution in [2.75, 3.05) is 91.8 Å². The number of nitrogens with zero attached hydrogens (tertiary/aromatic N) is 1. The first-order valence-electron chi connectivity index (χ1n) is 32.9. The molecule has 20 N–H and O–H groups in total. The van der Waals surface area contributed by atoms with Crippen LogP contribution in [-0.2, 0) is 24.0 Å². The summed E-state index contributed by atoms with van der Waals surface area (Å²) < 4.78 is 0. The highest BCUT2D eigenvalue weighted by Gasteiger charge is 2.35. The molecule has 0 heterocycles. The van der Waals surface area contributed by atoms with Crippen LogP contribution in [0.4, 0.5) is 0 Å². The highest BCUT2D eigenvalue weighted by molar-refractivity contribution is 5.84. The van der Waals surface area contributed by atoms with Gasteiger partial charge in [0.25, 0.3) is 11.8 Å². The van der Waals surface area contributed by atoms with Crippen LogP contribution >= 0.6 is 0 Å². The van der Waals surface area contributed by atoms with E-state index < -0.39 is 79.8 Å². The van der Waals surface area contributed by atoms with Gasteiger partial charge in [0, 0.05) is 58.5 Å². The monoisotopic (exact) mass is 1220 g/mol. The normalized spacial score (nSPS) is 14.5. The lowest BCUT2D eigenvalue weighted by atomic mass is 10.00. The third-order valence-corrected chi connectivity index (χ3v) is 15.6. The molecule has 0 aromatic carbocycles. The molecule has 0 saturated carbocycles. The molecule has 502 valence electrons. The van der Waals surface area contributed by atoms with Gasteiger partial charge in [-0.05, 0) is 96.6 Å². The van der Waals surface area contributed by atoms with Crippen molar-refractivity contribution in [1.29, 1.82) is 0 Å². The molecule has 0 fully saturated rings. The van der Waals surface area contributed by atoms with Crippen molar-refractivity contribution in [3.63, 3.8) is 0 Å². The van der Waals surface area contributed by atoms with Gasteiger partial charge in [0.1, 0.15) is 36.6 Å². The van der Waals surface area contributed by atoms with Crippen molar-refractivity contribution < 1.29 is 75.0 Å². The molecule has 0 aliphatic carbocycles. The summed E-state index contributed by atoms with van der Waals surface area (Å²) in [6, 6.07) is 0. The summed E-state index contributed by atoms with van der Waals surface area (Å²) in [7, 11) is 0. The Morgan fingerprint density at radius 3 is 1.05 bits per heavy atom. The molecule has 0 aliphatic rings. The van der Waals surface area contributed by atoms with Crippen molar-refractivity contribution in [2.45, 2.75) is 261 Å². The molecular weight excluding hydrogens is 1100 g/mol. The van der Waals surface area contributed by atoms with Crippen LogP contribution in [0.5, 0.6) is 0 Å². The predicted octanol–water partition coefficient (Wildman–Crippen LogP) is 0.738. The maximum atomic E-state index is 13.2. The van der Waals surface area contributed by atoms with E-state index in [-0.39, 0.29) is 50.8 Å². The van der Waals surface area contributed by atoms with E-state index in [1.807, 2.05) is 0 Å². The SMILES string of the molecule is NCCCCNCC(CCCCCCNC(=O)CCCCCCCCCCCCCCCCCCCCCCCNC(=O)CCC(=O)N(CCNC(=O)[C@H](O)[C@@H](O)[C@H](O)[C@H](O)CO)CCNC(=O)[C@H](O)[C@@H](O)[C@H](O)[C@@H](O)CO)CNCCCCN. The number of nitrogens with one attached hydrogen (secondary N) is 6. The van der Waals surface area contributed by atoms with E-state index in [9.17, 15) is 64.8 Å². The summed E-state index contributed by atoms with van der Waals surface area (Å²) in [4.78, 5) is 64.2. The van der Waals surface area contributed by atoms with E-state index in [0.29, 0.717) is 18.9 Å². The summed E-state index contributed by atoms with van der Waals surface area (Å²) in [6.45, 7) is 3.93. The molecule has 0 aliphatic heterocycles. The molecular formula is C61H123N9O15. The first-order valence-corrected chi connectivity index (χ1v) is 32.9. The fraction of sp³-hybridized carbons (Fsp3) is 0.918. The fourth-order valence-electron chi connectivity index (χ4n) is 9.92. The number of nitrogens with two attached hydrogens (primary N) is 2. The molecule has 0 aromatic heterocycles. The zero-order chi connectivity index (χ0) is 63.1. The average Bonchev–Trinajstić information content (AvgIpc) is 3.61. The molecule has 24 nitrogen and oxygen atoms in total. The number of carbonyl (C=O) groups excluding carboxylic acids is 5. The van der Waals surface area contributed by atoms with Gasteiger partial charge in [0.15, 0.2) is 12.2 Å². The molecule has 0 spiro atoms. The zero-order valence-corrected chi connectivity index (χ0v) is 52.0. The lowest BCUT2D eigenvalue weighted by molar-refractivity contribution is -0.149. The summed E-state index contributed by atoms with van der Waals surface area (Å²) >= 11 is 0. The van der Waals surface area contributed by atoms with Crippen LogP contribution in [-0.4, -0.2) is 226 Å². The van der Waals surface area contributed by atoms with Crippen LogP contribution in [0.3, 0.4) is 0 Å². The van der Waals surface area contributed by atoms with E-state index in [0.717, 1.165) is 128 Å². The Bertz CT molecular complexity index is 1560. The van der Waals surface area contributed by atoms with Gasteiger partial charge in [0.2, 0.25) is 17.7 Å². The zero-order valence-electron chi connectivity index (χ0n) is 52.0. The van der Waals surface area contributed by atoms with Crippen LogP contribution in [0.15, 0.2) is 0 Å². The van der Waals surface area contributed by atoms with E-state index in [1.54, 1.807) is 0 Å². The number of rotatable bonds is 62. The highest BCUT2D eigenvalue weighted by atomic mass is 16.4. The number of unbranched alkanes of at least 4 members (excludes halogenated alkanes) is 25. The Kier molecular flexibility index (Phi) is 55.1. The second kappa shape index (κ2) is 57.2. The number of carbonyl (C=O) groups is 5. The van der Waals surface area contributed by atoms with E-state index >= 15 is 0 Å². The van der Waals surface area contributed by atoms with E-state index in [1.165, 1.54) is 116 Å². The largest absolute Gasteiger partial charge is 0.394 e. The number of aliphatic hydroxyl groups excluding tert-OH is 10. The lowest BCUT2D eigenvalue weighted by Gasteiger charge is -2.27. The second-order valence-corrected chi connectivity index (χ2v) is 23.2. The minimum absolute atomic E-state index is 0.165. The predicted molar refractivity (Wildman–Crippen MR) is 331 cm³/mol. The van der Waals surface area contributed by atoms with Crippen LogP contribution in [0.25, 0.3) is 0 Å². The molecule has 0 radical (unpaired) electrons. The van der Waals surface area contributed by atoms with Gasteiger partial charge < -0.3 is 99.3 Å². The summed E-state index contributed by atoms with van der Waals surface area (Å²) in [5.74, 6) is -2.43. The number of aliphatic hydroxyl groups is 10. The average molecular weight is 1220 g/mol. The van der Waals surface area contributed by atoms with Crippen molar-refractivity contribution in [2.24, 2.45) is 17.4 Å². The third-order valence-electron chi connectivity index (χ3n) is 15.6. The molecule has 0 bridgehead atoms. The summed E-state index contributed by atoms with van der Waals surface area (Å²) in [5.41, 5.74) is 11.3. The molecule has 0 aromatic rings. The van der Waals surface area contributed by atoms with Crippen LogP contribution < -0.4 is 43.4 Å². The first-order chi connectivity index (χ1) is 41.0. The Balaban J connectivity index is 4.05. The lowest BCUT2D eigenvalue weighted by Crippen LogP contribution is -2.53. The topological polar surface area (TPSA) is 415 Å². The first kappa shape index (κ1) is 81.8. The second-order valence-electron chi connectivity index (χ2n) is 23.2. The summed E-state index contributed by atoms with van der Waals surface area (Å²) in [6.07, 6.45) is 19.3. The Morgan fingerprint density at radius 1 is 0.353 bits per heavy atom. The highest BCUT2D eigenvalue weighted by Crippen LogP contribution is 2.17. The van der Waals surface area contributed by atoms with Crippen LogP contribution in [0.2, 0.25) is 0 Å². The fourth-order valence-corrected chi connectivity index (χ4v) is 9.92.